The van der Waals surface area contributed by atoms with Crippen LogP contribution in [0.15, 0.2) is 41.6 Å². The van der Waals surface area contributed by atoms with Crippen LogP contribution in [0.4, 0.5) is 11.4 Å². The fourth-order valence-corrected chi connectivity index (χ4v) is 2.09. The normalized spacial score (nSPS) is 11.4. The second kappa shape index (κ2) is 5.29. The second-order valence-electron chi connectivity index (χ2n) is 4.03. The highest BCUT2D eigenvalue weighted by molar-refractivity contribution is 7.89. The van der Waals surface area contributed by atoms with Gasteiger partial charge in [-0.2, -0.15) is 5.10 Å². The van der Waals surface area contributed by atoms with Gasteiger partial charge in [0.2, 0.25) is 10.0 Å². The van der Waals surface area contributed by atoms with Gasteiger partial charge in [0.25, 0.3) is 0 Å². The van der Waals surface area contributed by atoms with E-state index in [2.05, 4.69) is 10.4 Å². The monoisotopic (exact) mass is 281 g/mol. The molecule has 2 aromatic rings. The summed E-state index contributed by atoms with van der Waals surface area (Å²) < 4.78 is 23.9. The fraction of sp³-hybridized carbons (Fsp3) is 0.182. The second-order valence-corrected chi connectivity index (χ2v) is 5.59. The topological polar surface area (TPSA) is 116 Å². The quantitative estimate of drug-likeness (QED) is 0.725. The van der Waals surface area contributed by atoms with Gasteiger partial charge in [-0.05, 0) is 24.3 Å². The average molecular weight is 281 g/mol. The molecule has 0 fully saturated rings. The summed E-state index contributed by atoms with van der Waals surface area (Å²) in [5, 5.41) is 12.2. The van der Waals surface area contributed by atoms with E-state index in [-0.39, 0.29) is 4.90 Å². The van der Waals surface area contributed by atoms with Crippen molar-refractivity contribution in [3.05, 3.63) is 36.7 Å². The van der Waals surface area contributed by atoms with Crippen LogP contribution in [0.3, 0.4) is 0 Å². The van der Waals surface area contributed by atoms with Crippen LogP contribution < -0.4 is 16.2 Å². The van der Waals surface area contributed by atoms with Gasteiger partial charge in [0.1, 0.15) is 0 Å². The third-order valence-electron chi connectivity index (χ3n) is 2.51. The van der Waals surface area contributed by atoms with Crippen molar-refractivity contribution >= 4 is 21.4 Å². The molecule has 8 heteroatoms. The summed E-state index contributed by atoms with van der Waals surface area (Å²) in [4.78, 5) is 0.0953. The van der Waals surface area contributed by atoms with Crippen molar-refractivity contribution in [3.8, 4) is 0 Å². The molecule has 0 amide bonds. The first kappa shape index (κ1) is 13.4. The summed E-state index contributed by atoms with van der Waals surface area (Å²) in [5.41, 5.74) is 6.98. The van der Waals surface area contributed by atoms with Crippen molar-refractivity contribution in [1.29, 1.82) is 0 Å². The van der Waals surface area contributed by atoms with Crippen molar-refractivity contribution in [2.24, 2.45) is 5.14 Å². The number of hydrogen-bond acceptors (Lipinski definition) is 5. The molecule has 7 nitrogen and oxygen atoms in total. The Morgan fingerprint density at radius 2 is 1.95 bits per heavy atom. The summed E-state index contributed by atoms with van der Waals surface area (Å²) in [5.74, 6) is 0. The lowest BCUT2D eigenvalue weighted by Gasteiger charge is -2.07. The van der Waals surface area contributed by atoms with Crippen LogP contribution in [0.1, 0.15) is 0 Å². The first-order valence-corrected chi connectivity index (χ1v) is 7.14. The number of rotatable bonds is 5. The van der Waals surface area contributed by atoms with Gasteiger partial charge in [0.05, 0.1) is 23.3 Å². The van der Waals surface area contributed by atoms with Crippen molar-refractivity contribution in [2.45, 2.75) is 11.4 Å². The highest BCUT2D eigenvalue weighted by atomic mass is 32.2. The van der Waals surface area contributed by atoms with Gasteiger partial charge in [-0.1, -0.05) is 0 Å². The Hall–Kier alpha value is -2.06. The van der Waals surface area contributed by atoms with Gasteiger partial charge in [-0.15, -0.1) is 0 Å². The molecule has 0 aliphatic carbocycles. The first-order valence-electron chi connectivity index (χ1n) is 5.60. The van der Waals surface area contributed by atoms with Crippen molar-refractivity contribution < 1.29 is 8.42 Å². The molecule has 5 N–H and O–H groups in total. The van der Waals surface area contributed by atoms with Crippen LogP contribution >= 0.6 is 0 Å². The maximum absolute atomic E-state index is 11.1. The molecule has 1 aromatic heterocycles. The molecule has 2 rings (SSSR count). The van der Waals surface area contributed by atoms with E-state index in [1.807, 2.05) is 0 Å². The third-order valence-corrected chi connectivity index (χ3v) is 3.44. The van der Waals surface area contributed by atoms with Crippen LogP contribution in [0.5, 0.6) is 0 Å². The summed E-state index contributed by atoms with van der Waals surface area (Å²) in [7, 11) is -3.64. The maximum atomic E-state index is 11.1. The molecule has 0 unspecified atom stereocenters. The molecule has 1 heterocycles. The lowest BCUT2D eigenvalue weighted by Crippen LogP contribution is -2.13. The molecule has 0 aliphatic rings. The summed E-state index contributed by atoms with van der Waals surface area (Å²) in [6, 6.07) is 6.25. The van der Waals surface area contributed by atoms with E-state index in [9.17, 15) is 8.42 Å². The molecule has 0 atom stereocenters. The number of sulfonamides is 1. The molecule has 19 heavy (non-hydrogen) atoms. The Bertz CT molecular complexity index is 648. The van der Waals surface area contributed by atoms with Crippen molar-refractivity contribution in [2.75, 3.05) is 17.6 Å². The van der Waals surface area contributed by atoms with Crippen LogP contribution in [0.25, 0.3) is 0 Å². The smallest absolute Gasteiger partial charge is 0.238 e. The number of nitrogens with one attached hydrogen (secondary N) is 1. The predicted molar refractivity (Wildman–Crippen MR) is 72.9 cm³/mol. The van der Waals surface area contributed by atoms with Crippen molar-refractivity contribution in [3.63, 3.8) is 0 Å². The van der Waals surface area contributed by atoms with Crippen molar-refractivity contribution in [1.82, 2.24) is 9.78 Å². The molecular weight excluding hydrogens is 266 g/mol. The van der Waals surface area contributed by atoms with E-state index in [0.29, 0.717) is 18.8 Å². The summed E-state index contributed by atoms with van der Waals surface area (Å²) in [6.45, 7) is 1.31. The van der Waals surface area contributed by atoms with Gasteiger partial charge < -0.3 is 11.1 Å². The minimum Gasteiger partial charge on any atom is -0.396 e. The Labute approximate surface area is 111 Å². The molecule has 0 aliphatic heterocycles. The zero-order valence-corrected chi connectivity index (χ0v) is 11.0. The molecule has 1 aromatic carbocycles. The highest BCUT2D eigenvalue weighted by Crippen LogP contribution is 2.12. The number of primary sulfonamides is 1. The molecule has 0 radical (unpaired) electrons. The number of benzene rings is 1. The van der Waals surface area contributed by atoms with Gasteiger partial charge >= 0.3 is 0 Å². The van der Waals surface area contributed by atoms with E-state index in [4.69, 9.17) is 10.9 Å². The molecular formula is C11H15N5O2S. The molecule has 102 valence electrons. The minimum absolute atomic E-state index is 0.0953. The summed E-state index contributed by atoms with van der Waals surface area (Å²) in [6.07, 6.45) is 3.33. The van der Waals surface area contributed by atoms with E-state index in [1.54, 1.807) is 29.2 Å². The number of aromatic nitrogens is 2. The number of hydrogen-bond donors (Lipinski definition) is 3. The van der Waals surface area contributed by atoms with Gasteiger partial charge in [-0.3, -0.25) is 4.68 Å². The predicted octanol–water partition coefficient (Wildman–Crippen LogP) is 0.225. The largest absolute Gasteiger partial charge is 0.396 e. The van der Waals surface area contributed by atoms with Crippen LogP contribution in [0, 0.1) is 0 Å². The van der Waals surface area contributed by atoms with E-state index in [0.717, 1.165) is 5.69 Å². The Morgan fingerprint density at radius 1 is 1.26 bits per heavy atom. The lowest BCUT2D eigenvalue weighted by atomic mass is 10.3. The summed E-state index contributed by atoms with van der Waals surface area (Å²) >= 11 is 0. The molecule has 0 saturated carbocycles. The van der Waals surface area contributed by atoms with E-state index < -0.39 is 10.0 Å². The standard InChI is InChI=1S/C11H15N5O2S/c12-9-7-15-16(8-9)6-5-14-10-1-3-11(4-2-10)19(13,17)18/h1-4,7-8,14H,5-6,12H2,(H2,13,17,18). The SMILES string of the molecule is Nc1cnn(CCNc2ccc(S(N)(=O)=O)cc2)c1. The van der Waals surface area contributed by atoms with Gasteiger partial charge in [-0.25, -0.2) is 13.6 Å². The number of nitrogen functional groups attached to an aromatic ring is 1. The van der Waals surface area contributed by atoms with Crippen LogP contribution in [-0.4, -0.2) is 24.7 Å². The number of nitrogens with zero attached hydrogens (tertiary/aromatic N) is 2. The van der Waals surface area contributed by atoms with Gasteiger partial charge in [0.15, 0.2) is 0 Å². The maximum Gasteiger partial charge on any atom is 0.238 e. The first-order chi connectivity index (χ1) is 8.95. The Kier molecular flexibility index (Phi) is 3.72. The molecule has 0 spiro atoms. The highest BCUT2D eigenvalue weighted by Gasteiger charge is 2.06. The van der Waals surface area contributed by atoms with E-state index in [1.165, 1.54) is 12.1 Å². The zero-order chi connectivity index (χ0) is 13.9. The van der Waals surface area contributed by atoms with Gasteiger partial charge in [0, 0.05) is 18.4 Å². The Balaban J connectivity index is 1.90. The minimum atomic E-state index is -3.64. The van der Waals surface area contributed by atoms with Crippen LogP contribution in [-0.2, 0) is 16.6 Å². The van der Waals surface area contributed by atoms with E-state index >= 15 is 0 Å². The molecule has 0 bridgehead atoms. The van der Waals surface area contributed by atoms with Crippen LogP contribution in [0.2, 0.25) is 0 Å². The Morgan fingerprint density at radius 3 is 2.47 bits per heavy atom. The lowest BCUT2D eigenvalue weighted by molar-refractivity contribution is 0.598. The third kappa shape index (κ3) is 3.70. The average Bonchev–Trinajstić information content (AvgIpc) is 2.75. The zero-order valence-electron chi connectivity index (χ0n) is 10.2. The number of anilines is 2. The fourth-order valence-electron chi connectivity index (χ4n) is 1.58. The number of nitrogens with two attached hydrogens (primary N) is 2. The molecule has 0 saturated heterocycles.